The first-order chi connectivity index (χ1) is 14.4. The number of pyridine rings is 1. The fourth-order valence-corrected chi connectivity index (χ4v) is 3.12. The molecule has 9 nitrogen and oxygen atoms in total. The average molecular weight is 397 g/mol. The lowest BCUT2D eigenvalue weighted by atomic mass is 10.1. The van der Waals surface area contributed by atoms with E-state index in [-0.39, 0.29) is 28.1 Å². The standard InChI is InChI=1S/C21H11N5O4/c22-9-11-1-4-15(7-12(11)10-23)30-14-5-2-13(3-6-14)26-17(27)8-16-18(19(26)24)21(29)25-20(16)28/h1-8H,24H2,(H,25,28,29). The van der Waals surface area contributed by atoms with Crippen LogP contribution in [0.5, 0.6) is 11.5 Å². The zero-order chi connectivity index (χ0) is 21.4. The number of nitrogen functional groups attached to an aromatic ring is 1. The van der Waals surface area contributed by atoms with Gasteiger partial charge in [-0.3, -0.25) is 24.3 Å². The molecule has 1 aliphatic rings. The van der Waals surface area contributed by atoms with Crippen LogP contribution in [0.2, 0.25) is 0 Å². The Morgan fingerprint density at radius 3 is 2.20 bits per heavy atom. The number of ether oxygens (including phenoxy) is 1. The Hall–Kier alpha value is -4.89. The number of hydrogen-bond acceptors (Lipinski definition) is 7. The van der Waals surface area contributed by atoms with E-state index in [1.807, 2.05) is 12.1 Å². The van der Waals surface area contributed by atoms with Gasteiger partial charge in [0.15, 0.2) is 0 Å². The van der Waals surface area contributed by atoms with Crippen molar-refractivity contribution in [3.8, 4) is 29.3 Å². The molecule has 0 saturated heterocycles. The van der Waals surface area contributed by atoms with Crippen LogP contribution in [-0.4, -0.2) is 16.4 Å². The third-order valence-electron chi connectivity index (χ3n) is 4.52. The molecule has 30 heavy (non-hydrogen) atoms. The Kier molecular flexibility index (Phi) is 4.27. The van der Waals surface area contributed by atoms with E-state index in [9.17, 15) is 14.4 Å². The van der Waals surface area contributed by atoms with E-state index >= 15 is 0 Å². The van der Waals surface area contributed by atoms with Gasteiger partial charge in [-0.25, -0.2) is 0 Å². The van der Waals surface area contributed by atoms with Crippen molar-refractivity contribution in [2.24, 2.45) is 0 Å². The van der Waals surface area contributed by atoms with E-state index in [4.69, 9.17) is 21.0 Å². The number of carbonyl (C=O) groups is 2. The minimum atomic E-state index is -0.658. The second-order valence-electron chi connectivity index (χ2n) is 6.30. The Labute approximate surface area is 169 Å². The Morgan fingerprint density at radius 2 is 1.53 bits per heavy atom. The van der Waals surface area contributed by atoms with Crippen molar-refractivity contribution >= 4 is 17.6 Å². The normalized spacial score (nSPS) is 11.9. The maximum atomic E-state index is 12.5. The van der Waals surface area contributed by atoms with Gasteiger partial charge in [-0.15, -0.1) is 0 Å². The van der Waals surface area contributed by atoms with Gasteiger partial charge in [0.05, 0.1) is 27.9 Å². The van der Waals surface area contributed by atoms with Crippen molar-refractivity contribution in [2.45, 2.75) is 0 Å². The maximum absolute atomic E-state index is 12.5. The summed E-state index contributed by atoms with van der Waals surface area (Å²) in [4.78, 5) is 36.2. The summed E-state index contributed by atoms with van der Waals surface area (Å²) < 4.78 is 6.81. The Balaban J connectivity index is 1.68. The largest absolute Gasteiger partial charge is 0.457 e. The van der Waals surface area contributed by atoms with Crippen LogP contribution in [0.25, 0.3) is 5.69 Å². The molecule has 9 heteroatoms. The molecule has 3 aromatic rings. The molecule has 0 aliphatic carbocycles. The highest BCUT2D eigenvalue weighted by molar-refractivity contribution is 6.23. The number of imide groups is 1. The van der Waals surface area contributed by atoms with Gasteiger partial charge in [0, 0.05) is 6.07 Å². The van der Waals surface area contributed by atoms with Gasteiger partial charge in [-0.1, -0.05) is 0 Å². The van der Waals surface area contributed by atoms with Crippen LogP contribution in [0.4, 0.5) is 5.82 Å². The smallest absolute Gasteiger partial charge is 0.262 e. The first kappa shape index (κ1) is 18.5. The second kappa shape index (κ2) is 6.93. The average Bonchev–Trinajstić information content (AvgIpc) is 3.02. The number of nitrogens with one attached hydrogen (secondary N) is 1. The van der Waals surface area contributed by atoms with Gasteiger partial charge in [-0.2, -0.15) is 10.5 Å². The number of aromatic nitrogens is 1. The summed E-state index contributed by atoms with van der Waals surface area (Å²) in [6.45, 7) is 0. The lowest BCUT2D eigenvalue weighted by molar-refractivity contribution is 0.0880. The van der Waals surface area contributed by atoms with E-state index in [2.05, 4.69) is 5.32 Å². The molecule has 0 radical (unpaired) electrons. The molecule has 0 saturated carbocycles. The number of nitrogens with zero attached hydrogens (tertiary/aromatic N) is 3. The highest BCUT2D eigenvalue weighted by Crippen LogP contribution is 2.27. The molecule has 2 aromatic carbocycles. The van der Waals surface area contributed by atoms with Crippen LogP contribution >= 0.6 is 0 Å². The number of amides is 2. The van der Waals surface area contributed by atoms with Gasteiger partial charge in [-0.05, 0) is 42.5 Å². The molecule has 2 heterocycles. The SMILES string of the molecule is N#Cc1ccc(Oc2ccc(-n3c(N)c4c(cc3=O)C(=O)NC4=O)cc2)cc1C#N. The summed E-state index contributed by atoms with van der Waals surface area (Å²) in [6, 6.07) is 15.7. The number of carbonyl (C=O) groups excluding carboxylic acids is 2. The molecule has 144 valence electrons. The number of nitriles is 2. The number of anilines is 1. The van der Waals surface area contributed by atoms with Crippen LogP contribution in [-0.2, 0) is 0 Å². The third-order valence-corrected chi connectivity index (χ3v) is 4.52. The number of nitrogens with two attached hydrogens (primary N) is 1. The van der Waals surface area contributed by atoms with Crippen molar-refractivity contribution < 1.29 is 14.3 Å². The summed E-state index contributed by atoms with van der Waals surface area (Å²) in [5.41, 5.74) is 6.16. The van der Waals surface area contributed by atoms with E-state index in [1.165, 1.54) is 12.1 Å². The van der Waals surface area contributed by atoms with Crippen LogP contribution in [0.15, 0.2) is 53.3 Å². The van der Waals surface area contributed by atoms with Gasteiger partial charge in [0.25, 0.3) is 17.4 Å². The highest BCUT2D eigenvalue weighted by Gasteiger charge is 2.31. The predicted molar refractivity (Wildman–Crippen MR) is 104 cm³/mol. The minimum absolute atomic E-state index is 0.0402. The van der Waals surface area contributed by atoms with Crippen LogP contribution in [0.1, 0.15) is 31.8 Å². The van der Waals surface area contributed by atoms with E-state index in [0.29, 0.717) is 17.2 Å². The van der Waals surface area contributed by atoms with E-state index in [1.54, 1.807) is 30.3 Å². The molecular formula is C21H11N5O4. The maximum Gasteiger partial charge on any atom is 0.262 e. The monoisotopic (exact) mass is 397 g/mol. The summed E-state index contributed by atoms with van der Waals surface area (Å²) >= 11 is 0. The van der Waals surface area contributed by atoms with Gasteiger partial charge in [0.1, 0.15) is 29.5 Å². The van der Waals surface area contributed by atoms with Gasteiger partial charge < -0.3 is 10.5 Å². The quantitative estimate of drug-likeness (QED) is 0.640. The number of rotatable bonds is 3. The first-order valence-corrected chi connectivity index (χ1v) is 8.56. The van der Waals surface area contributed by atoms with Crippen LogP contribution in [0.3, 0.4) is 0 Å². The van der Waals surface area contributed by atoms with Crippen molar-refractivity contribution in [3.63, 3.8) is 0 Å². The van der Waals surface area contributed by atoms with Crippen molar-refractivity contribution in [1.82, 2.24) is 9.88 Å². The zero-order valence-electron chi connectivity index (χ0n) is 15.2. The summed E-state index contributed by atoms with van der Waals surface area (Å²) in [5, 5.41) is 20.2. The summed E-state index contributed by atoms with van der Waals surface area (Å²) in [7, 11) is 0. The molecule has 1 aromatic heterocycles. The second-order valence-corrected chi connectivity index (χ2v) is 6.30. The topological polar surface area (TPSA) is 151 Å². The van der Waals surface area contributed by atoms with Crippen molar-refractivity contribution in [2.75, 3.05) is 5.73 Å². The molecule has 0 spiro atoms. The number of benzene rings is 2. The molecule has 3 N–H and O–H groups in total. The fourth-order valence-electron chi connectivity index (χ4n) is 3.12. The number of hydrogen-bond donors (Lipinski definition) is 2. The van der Waals surface area contributed by atoms with Crippen LogP contribution in [0, 0.1) is 22.7 Å². The Bertz CT molecular complexity index is 1370. The van der Waals surface area contributed by atoms with E-state index < -0.39 is 17.4 Å². The first-order valence-electron chi connectivity index (χ1n) is 8.56. The van der Waals surface area contributed by atoms with Gasteiger partial charge >= 0.3 is 0 Å². The Morgan fingerprint density at radius 1 is 0.867 bits per heavy atom. The van der Waals surface area contributed by atoms with Gasteiger partial charge in [0.2, 0.25) is 0 Å². The molecule has 0 fully saturated rings. The minimum Gasteiger partial charge on any atom is -0.457 e. The molecule has 0 unspecified atom stereocenters. The highest BCUT2D eigenvalue weighted by atomic mass is 16.5. The number of fused-ring (bicyclic) bond motifs is 1. The zero-order valence-corrected chi connectivity index (χ0v) is 15.2. The third kappa shape index (κ3) is 2.93. The molecule has 4 rings (SSSR count). The summed E-state index contributed by atoms with van der Waals surface area (Å²) in [6.07, 6.45) is 0. The summed E-state index contributed by atoms with van der Waals surface area (Å²) in [5.74, 6) is -0.680. The lowest BCUT2D eigenvalue weighted by Crippen LogP contribution is -2.24. The van der Waals surface area contributed by atoms with Crippen molar-refractivity contribution in [1.29, 1.82) is 10.5 Å². The molecular weight excluding hydrogens is 386 g/mol. The van der Waals surface area contributed by atoms with E-state index in [0.717, 1.165) is 10.6 Å². The van der Waals surface area contributed by atoms with Crippen molar-refractivity contribution in [3.05, 3.63) is 81.1 Å². The lowest BCUT2D eigenvalue weighted by Gasteiger charge is -2.13. The fraction of sp³-hybridized carbons (Fsp3) is 0. The van der Waals surface area contributed by atoms with Crippen LogP contribution < -0.4 is 21.3 Å². The molecule has 0 atom stereocenters. The predicted octanol–water partition coefficient (Wildman–Crippen LogP) is 1.84. The molecule has 1 aliphatic heterocycles. The molecule has 2 amide bonds. The molecule has 0 bridgehead atoms.